The smallest absolute Gasteiger partial charge is 0.303 e. The molecule has 1 fully saturated rings. The van der Waals surface area contributed by atoms with Gasteiger partial charge in [0.15, 0.2) is 0 Å². The number of aliphatic hydroxyl groups excluding tert-OH is 3. The van der Waals surface area contributed by atoms with Crippen LogP contribution in [0.15, 0.2) is 36.4 Å². The van der Waals surface area contributed by atoms with E-state index in [0.29, 0.717) is 42.2 Å². The van der Waals surface area contributed by atoms with Crippen LogP contribution in [0.2, 0.25) is 5.02 Å². The number of unbranched alkanes of at least 4 members (excludes halogenated alkanes) is 1. The first-order valence-electron chi connectivity index (χ1n) is 9.77. The van der Waals surface area contributed by atoms with E-state index < -0.39 is 24.3 Å². The molecule has 0 aliphatic heterocycles. The normalized spacial score (nSPS) is 25.4. The van der Waals surface area contributed by atoms with Gasteiger partial charge in [-0.25, -0.2) is 0 Å². The van der Waals surface area contributed by atoms with Gasteiger partial charge in [0.1, 0.15) is 12.4 Å². The summed E-state index contributed by atoms with van der Waals surface area (Å²) in [6.45, 7) is 0.118. The number of hydrogen-bond acceptors (Lipinski definition) is 6. The zero-order valence-electron chi connectivity index (χ0n) is 16.2. The average molecular weight is 445 g/mol. The van der Waals surface area contributed by atoms with Crippen LogP contribution < -0.4 is 4.74 Å². The number of thioether (sulfide) groups is 1. The summed E-state index contributed by atoms with van der Waals surface area (Å²) in [5, 5.41) is 39.8. The van der Waals surface area contributed by atoms with Crippen LogP contribution in [0.4, 0.5) is 0 Å². The first kappa shape index (κ1) is 24.0. The summed E-state index contributed by atoms with van der Waals surface area (Å²) in [6, 6.07) is 6.96. The van der Waals surface area contributed by atoms with Crippen molar-refractivity contribution in [1.29, 1.82) is 0 Å². The van der Waals surface area contributed by atoms with E-state index in [-0.39, 0.29) is 24.2 Å². The lowest BCUT2D eigenvalue weighted by Gasteiger charge is -2.23. The molecule has 6 nitrogen and oxygen atoms in total. The number of rotatable bonds is 12. The molecule has 0 bridgehead atoms. The predicted molar refractivity (Wildman–Crippen MR) is 115 cm³/mol. The molecule has 29 heavy (non-hydrogen) atoms. The highest BCUT2D eigenvalue weighted by molar-refractivity contribution is 8.00. The summed E-state index contributed by atoms with van der Waals surface area (Å²) in [5.74, 6) is 0.0612. The number of allylic oxidation sites excluding steroid dienone is 2. The maximum Gasteiger partial charge on any atom is 0.303 e. The Hall–Kier alpha value is -1.25. The summed E-state index contributed by atoms with van der Waals surface area (Å²) in [6.07, 6.45) is 4.28. The fourth-order valence-electron chi connectivity index (χ4n) is 3.35. The summed E-state index contributed by atoms with van der Waals surface area (Å²) in [5.41, 5.74) is 0. The van der Waals surface area contributed by atoms with Gasteiger partial charge in [-0.1, -0.05) is 29.8 Å². The lowest BCUT2D eigenvalue weighted by molar-refractivity contribution is -0.137. The molecule has 0 heterocycles. The van der Waals surface area contributed by atoms with Gasteiger partial charge in [-0.3, -0.25) is 4.79 Å². The SMILES string of the molecule is O=C(O)CCC/C=C\C[C@H]1[C@H](SC[C@@H](O)COc2cccc(Cl)c2)[C@@H](O)C[C@H]1O. The van der Waals surface area contributed by atoms with Crippen molar-refractivity contribution in [3.8, 4) is 5.75 Å². The van der Waals surface area contributed by atoms with Crippen molar-refractivity contribution in [2.45, 2.75) is 55.7 Å². The number of aliphatic carboxylic acids is 1. The molecule has 162 valence electrons. The van der Waals surface area contributed by atoms with Gasteiger partial charge in [-0.15, -0.1) is 0 Å². The van der Waals surface area contributed by atoms with Crippen molar-refractivity contribution < 1.29 is 30.0 Å². The quantitative estimate of drug-likeness (QED) is 0.290. The molecule has 8 heteroatoms. The van der Waals surface area contributed by atoms with E-state index in [1.54, 1.807) is 24.3 Å². The Kier molecular flexibility index (Phi) is 10.3. The van der Waals surface area contributed by atoms with E-state index >= 15 is 0 Å². The molecule has 1 aliphatic rings. The van der Waals surface area contributed by atoms with Gasteiger partial charge in [0.05, 0.1) is 18.3 Å². The third kappa shape index (κ3) is 8.56. The highest BCUT2D eigenvalue weighted by atomic mass is 35.5. The minimum atomic E-state index is -0.804. The second-order valence-corrected chi connectivity index (χ2v) is 8.89. The number of halogens is 1. The summed E-state index contributed by atoms with van der Waals surface area (Å²) >= 11 is 7.35. The third-order valence-corrected chi connectivity index (χ3v) is 6.70. The first-order chi connectivity index (χ1) is 13.9. The Balaban J connectivity index is 1.75. The molecule has 1 aromatic carbocycles. The second kappa shape index (κ2) is 12.4. The molecule has 5 atom stereocenters. The first-order valence-corrected chi connectivity index (χ1v) is 11.2. The Morgan fingerprint density at radius 1 is 1.31 bits per heavy atom. The molecule has 0 spiro atoms. The standard InChI is InChI=1S/C21H29ClO6S/c22-14-6-5-7-16(10-14)28-12-15(23)13-29-21-17(18(24)11-19(21)25)8-3-1-2-4-9-20(26)27/h1,3,5-7,10,15,17-19,21,23-25H,2,4,8-9,11-13H2,(H,26,27)/b3-1-/t15-,17+,18+,19-,21-/m0/s1. The number of carbonyl (C=O) groups is 1. The monoisotopic (exact) mass is 444 g/mol. The number of aliphatic hydroxyl groups is 3. The number of benzene rings is 1. The van der Waals surface area contributed by atoms with E-state index in [2.05, 4.69) is 0 Å². The van der Waals surface area contributed by atoms with Crippen LogP contribution in [-0.4, -0.2) is 62.3 Å². The van der Waals surface area contributed by atoms with Crippen LogP contribution in [0.3, 0.4) is 0 Å². The van der Waals surface area contributed by atoms with Gasteiger partial charge in [0.2, 0.25) is 0 Å². The molecule has 1 aromatic rings. The molecular weight excluding hydrogens is 416 g/mol. The number of carboxylic acid groups (broad SMARTS) is 1. The third-order valence-electron chi connectivity index (χ3n) is 4.83. The lowest BCUT2D eigenvalue weighted by atomic mass is 10.0. The van der Waals surface area contributed by atoms with Gasteiger partial charge >= 0.3 is 5.97 Å². The van der Waals surface area contributed by atoms with Crippen molar-refractivity contribution in [2.24, 2.45) is 5.92 Å². The molecule has 0 unspecified atom stereocenters. The second-order valence-electron chi connectivity index (χ2n) is 7.25. The molecule has 0 aromatic heterocycles. The van der Waals surface area contributed by atoms with Crippen molar-refractivity contribution >= 4 is 29.3 Å². The van der Waals surface area contributed by atoms with Gasteiger partial charge in [0, 0.05) is 34.8 Å². The van der Waals surface area contributed by atoms with Crippen LogP contribution in [0.25, 0.3) is 0 Å². The Labute approximate surface area is 180 Å². The topological polar surface area (TPSA) is 107 Å². The molecule has 0 radical (unpaired) electrons. The minimum absolute atomic E-state index is 0.105. The van der Waals surface area contributed by atoms with Gasteiger partial charge < -0.3 is 25.2 Å². The maximum atomic E-state index is 10.5. The van der Waals surface area contributed by atoms with E-state index in [1.165, 1.54) is 11.8 Å². The highest BCUT2D eigenvalue weighted by Gasteiger charge is 2.41. The Bertz CT molecular complexity index is 670. The van der Waals surface area contributed by atoms with Crippen LogP contribution >= 0.6 is 23.4 Å². The van der Waals surface area contributed by atoms with Gasteiger partial charge in [0.25, 0.3) is 0 Å². The largest absolute Gasteiger partial charge is 0.491 e. The van der Waals surface area contributed by atoms with E-state index in [0.717, 1.165) is 0 Å². The van der Waals surface area contributed by atoms with Crippen molar-refractivity contribution in [3.05, 3.63) is 41.4 Å². The van der Waals surface area contributed by atoms with E-state index in [1.807, 2.05) is 12.2 Å². The molecule has 1 saturated carbocycles. The van der Waals surface area contributed by atoms with Crippen LogP contribution in [0.5, 0.6) is 5.75 Å². The molecule has 0 amide bonds. The highest BCUT2D eigenvalue weighted by Crippen LogP contribution is 2.38. The van der Waals surface area contributed by atoms with Crippen molar-refractivity contribution in [1.82, 2.24) is 0 Å². The predicted octanol–water partition coefficient (Wildman–Crippen LogP) is 3.12. The van der Waals surface area contributed by atoms with E-state index in [4.69, 9.17) is 21.4 Å². The summed E-state index contributed by atoms with van der Waals surface area (Å²) < 4.78 is 5.55. The van der Waals surface area contributed by atoms with Crippen molar-refractivity contribution in [2.75, 3.05) is 12.4 Å². The maximum absolute atomic E-state index is 10.5. The van der Waals surface area contributed by atoms with Gasteiger partial charge in [-0.2, -0.15) is 11.8 Å². The fraction of sp³-hybridized carbons (Fsp3) is 0.571. The summed E-state index contributed by atoms with van der Waals surface area (Å²) in [7, 11) is 0. The molecule has 2 rings (SSSR count). The Morgan fingerprint density at radius 2 is 2.10 bits per heavy atom. The molecular formula is C21H29ClO6S. The van der Waals surface area contributed by atoms with Crippen molar-refractivity contribution in [3.63, 3.8) is 0 Å². The van der Waals surface area contributed by atoms with E-state index in [9.17, 15) is 20.1 Å². The van der Waals surface area contributed by atoms with Crippen LogP contribution in [0.1, 0.15) is 32.1 Å². The fourth-order valence-corrected chi connectivity index (χ4v) is 4.94. The zero-order valence-corrected chi connectivity index (χ0v) is 17.8. The van der Waals surface area contributed by atoms with Crippen LogP contribution in [0, 0.1) is 5.92 Å². The molecule has 1 aliphatic carbocycles. The Morgan fingerprint density at radius 3 is 2.83 bits per heavy atom. The minimum Gasteiger partial charge on any atom is -0.491 e. The zero-order chi connectivity index (χ0) is 21.2. The lowest BCUT2D eigenvalue weighted by Crippen LogP contribution is -2.28. The number of ether oxygens (including phenoxy) is 1. The molecule has 0 saturated heterocycles. The van der Waals surface area contributed by atoms with Gasteiger partial charge in [-0.05, 0) is 37.5 Å². The number of hydrogen-bond donors (Lipinski definition) is 4. The molecule has 4 N–H and O–H groups in total. The summed E-state index contributed by atoms with van der Waals surface area (Å²) in [4.78, 5) is 10.5. The average Bonchev–Trinajstić information content (AvgIpc) is 2.93. The van der Waals surface area contributed by atoms with Crippen LogP contribution in [-0.2, 0) is 4.79 Å². The number of carboxylic acids is 1.